The maximum atomic E-state index is 13.6. The first-order valence-corrected chi connectivity index (χ1v) is 47.2. The van der Waals surface area contributed by atoms with Crippen LogP contribution in [0.25, 0.3) is 87.5 Å². The first-order valence-electron chi connectivity index (χ1n) is 40.1. The van der Waals surface area contributed by atoms with Crippen molar-refractivity contribution in [3.05, 3.63) is 435 Å². The molecule has 0 fully saturated rings. The molecule has 680 valence electrons. The van der Waals surface area contributed by atoms with Crippen molar-refractivity contribution in [2.75, 3.05) is 0 Å². The van der Waals surface area contributed by atoms with Gasteiger partial charge < -0.3 is 56.4 Å². The van der Waals surface area contributed by atoms with Crippen LogP contribution < -0.4 is 44.7 Å². The summed E-state index contributed by atoms with van der Waals surface area (Å²) in [5, 5.41) is 46.6. The van der Waals surface area contributed by atoms with Crippen LogP contribution in [0.3, 0.4) is 0 Å². The van der Waals surface area contributed by atoms with Gasteiger partial charge in [-0.15, -0.1) is 0 Å². The highest BCUT2D eigenvalue weighted by atomic mass is 79.9. The van der Waals surface area contributed by atoms with Crippen LogP contribution >= 0.6 is 134 Å². The van der Waals surface area contributed by atoms with E-state index in [2.05, 4.69) is 63.7 Å². The van der Waals surface area contributed by atoms with E-state index in [0.29, 0.717) is 113 Å². The number of pyridine rings is 4. The fourth-order valence-electron chi connectivity index (χ4n) is 14.9. The fraction of sp³-hybridized carbons (Fsp3) is 0.0400. The van der Waals surface area contributed by atoms with E-state index >= 15 is 0 Å². The Balaban J connectivity index is 0.000000126. The number of hydrogen-bond acceptors (Lipinski definition) is 20. The Morgan fingerprint density at radius 2 is 0.507 bits per heavy atom. The topological polar surface area (TPSA) is 290 Å². The Hall–Kier alpha value is -13.0. The molecule has 20 aromatic rings. The lowest BCUT2D eigenvalue weighted by atomic mass is 10.1. The van der Waals surface area contributed by atoms with Crippen LogP contribution in [0.2, 0.25) is 10.0 Å². The molecule has 0 unspecified atom stereocenters. The zero-order valence-electron chi connectivity index (χ0n) is 68.9. The van der Waals surface area contributed by atoms with Crippen LogP contribution in [-0.4, -0.2) is 38.7 Å². The van der Waals surface area contributed by atoms with E-state index in [4.69, 9.17) is 40.9 Å². The van der Waals surface area contributed by atoms with Gasteiger partial charge in [-0.1, -0.05) is 195 Å². The summed E-state index contributed by atoms with van der Waals surface area (Å²) in [7, 11) is 0. The average Bonchev–Trinajstić information content (AvgIpc) is 0.747. The van der Waals surface area contributed by atoms with Gasteiger partial charge in [-0.25, -0.2) is 45.5 Å². The molecule has 0 amide bonds. The summed E-state index contributed by atoms with van der Waals surface area (Å²) in [6, 6.07) is 68.0. The zero-order chi connectivity index (χ0) is 95.9. The predicted octanol–water partition coefficient (Wildman–Crippen LogP) is 25.2. The summed E-state index contributed by atoms with van der Waals surface area (Å²) in [5.74, 6) is -4.48. The summed E-state index contributed by atoms with van der Waals surface area (Å²) in [4.78, 5) is 107. The summed E-state index contributed by atoms with van der Waals surface area (Å²) in [5.41, 5.74) is -0.883. The second-order valence-electron chi connectivity index (χ2n) is 30.0. The van der Waals surface area contributed by atoms with Crippen molar-refractivity contribution in [1.82, 2.24) is 18.3 Å². The lowest BCUT2D eigenvalue weighted by Gasteiger charge is -2.14. The second kappa shape index (κ2) is 40.1. The predicted molar refractivity (Wildman–Crippen MR) is 529 cm³/mol. The molecule has 0 saturated heterocycles. The third kappa shape index (κ3) is 20.0. The largest absolute Gasteiger partial charge is 0.505 e. The molecule has 36 heteroatoms. The van der Waals surface area contributed by atoms with Gasteiger partial charge >= 0.3 is 22.5 Å². The normalized spacial score (nSPS) is 11.4. The van der Waals surface area contributed by atoms with E-state index < -0.39 is 91.0 Å². The van der Waals surface area contributed by atoms with Crippen molar-refractivity contribution in [3.63, 3.8) is 0 Å². The Bertz CT molecular complexity index is 8280. The summed E-state index contributed by atoms with van der Waals surface area (Å²) < 4.78 is 111. The van der Waals surface area contributed by atoms with Crippen molar-refractivity contribution >= 4 is 221 Å². The third-order valence-corrected chi connectivity index (χ3v) is 27.9. The number of rotatable bonds is 16. The quantitative estimate of drug-likeness (QED) is 0.0516. The number of nitrogens with zero attached hydrogens (tertiary/aromatic N) is 4. The zero-order valence-corrected chi connectivity index (χ0v) is 80.0. The van der Waals surface area contributed by atoms with Crippen LogP contribution in [0.4, 0.5) is 26.3 Å². The van der Waals surface area contributed by atoms with Gasteiger partial charge in [0.1, 0.15) is 76.0 Å². The van der Waals surface area contributed by atoms with Gasteiger partial charge in [-0.2, -0.15) is 0 Å². The molecular weight excluding hydrogens is 2150 g/mol. The first-order chi connectivity index (χ1) is 65.3. The lowest BCUT2D eigenvalue weighted by Crippen LogP contribution is -2.23. The maximum absolute atomic E-state index is 13.6. The molecule has 0 spiro atoms. The van der Waals surface area contributed by atoms with Crippen LogP contribution in [0.5, 0.6) is 23.0 Å². The van der Waals surface area contributed by atoms with E-state index in [0.717, 1.165) is 47.0 Å². The Morgan fingerprint density at radius 3 is 0.772 bits per heavy atom. The van der Waals surface area contributed by atoms with Gasteiger partial charge in [0.25, 0.3) is 22.2 Å². The molecule has 20 rings (SSSR count). The molecule has 0 aliphatic heterocycles. The number of aromatic hydroxyl groups is 4. The minimum absolute atomic E-state index is 0.000741. The summed E-state index contributed by atoms with van der Waals surface area (Å²) in [6.45, 7) is 0.436. The molecule has 8 heterocycles. The van der Waals surface area contributed by atoms with Gasteiger partial charge in [0, 0.05) is 69.1 Å². The van der Waals surface area contributed by atoms with Crippen LogP contribution in [-0.2, 0) is 26.2 Å². The van der Waals surface area contributed by atoms with E-state index in [1.165, 1.54) is 109 Å². The molecule has 0 radical (unpaired) electrons. The molecule has 8 aromatic heterocycles. The molecule has 0 bridgehead atoms. The standard InChI is InChI=1S/2C25H14BrClFNO4S.2C25H14BrF2NO4S/c26-14-3-10-18-19(11-14)29(12-13-1-6-16(28)7-2-13)24(31)20-21(30)23(25(32)33-22(18)20)34-17-8-4-15(27)5-9-17;26-14-6-9-18-19(10-14)29(12-13-4-7-16(28)8-5-13)24(31)20-21(30)23(25(32)33-22(18)20)34-17-3-1-2-15(27)11-17;26-14-3-10-18-19(11-14)29(12-13-1-4-15(27)5-2-13)24(31)20-21(30)23(25(32)33-22(18)20)34-17-8-6-16(28)7-9-17;26-14-6-9-18-19(10-14)29(12-13-4-7-15(27)8-5-13)24(31)20-21(30)23(25(32)33-22(18)20)34-17-3-1-2-16(28)11-17/h4*1-11,30H,12H2. The van der Waals surface area contributed by atoms with Gasteiger partial charge in [-0.3, -0.25) is 19.2 Å². The van der Waals surface area contributed by atoms with E-state index in [-0.39, 0.29) is 101 Å². The van der Waals surface area contributed by atoms with Gasteiger partial charge in [-0.05, 0) is 229 Å². The monoisotopic (exact) mass is 2200 g/mol. The summed E-state index contributed by atoms with van der Waals surface area (Å²) in [6.07, 6.45) is 0. The van der Waals surface area contributed by atoms with E-state index in [1.54, 1.807) is 176 Å². The highest BCUT2D eigenvalue weighted by Crippen LogP contribution is 2.44. The van der Waals surface area contributed by atoms with Gasteiger partial charge in [0.15, 0.2) is 45.3 Å². The number of benzene rings is 12. The summed E-state index contributed by atoms with van der Waals surface area (Å²) >= 11 is 29.2. The highest BCUT2D eigenvalue weighted by molar-refractivity contribution is 9.11. The van der Waals surface area contributed by atoms with Crippen LogP contribution in [0, 0.1) is 34.9 Å². The first kappa shape index (κ1) is 94.8. The number of hydrogen-bond donors (Lipinski definition) is 4. The number of fused-ring (bicyclic) bond motifs is 12. The number of aromatic nitrogens is 4. The molecule has 0 aliphatic rings. The van der Waals surface area contributed by atoms with Gasteiger partial charge in [0.2, 0.25) is 0 Å². The second-order valence-corrected chi connectivity index (χ2v) is 38.9. The Morgan fingerprint density at radius 1 is 0.265 bits per heavy atom. The van der Waals surface area contributed by atoms with E-state index in [1.807, 2.05) is 0 Å². The Kier molecular flexibility index (Phi) is 28.0. The van der Waals surface area contributed by atoms with Crippen molar-refractivity contribution in [1.29, 1.82) is 0 Å². The molecule has 0 aliphatic carbocycles. The van der Waals surface area contributed by atoms with Gasteiger partial charge in [0.05, 0.1) is 48.2 Å². The molecule has 20 nitrogen and oxygen atoms in total. The molecule has 136 heavy (non-hydrogen) atoms. The lowest BCUT2D eigenvalue weighted by molar-refractivity contribution is 0.446. The van der Waals surface area contributed by atoms with Crippen molar-refractivity contribution < 1.29 is 64.4 Å². The molecule has 0 saturated carbocycles. The van der Waals surface area contributed by atoms with Crippen molar-refractivity contribution in [3.8, 4) is 23.0 Å². The smallest absolute Gasteiger partial charge is 0.354 e. The minimum atomic E-state index is -0.848. The van der Waals surface area contributed by atoms with Crippen molar-refractivity contribution in [2.24, 2.45) is 0 Å². The molecular formula is C100H56Br4Cl2F6N4O16S4. The molecule has 12 aromatic carbocycles. The molecule has 0 atom stereocenters. The van der Waals surface area contributed by atoms with Crippen LogP contribution in [0.1, 0.15) is 22.3 Å². The average molecular weight is 2200 g/mol. The van der Waals surface area contributed by atoms with Crippen molar-refractivity contribution in [2.45, 2.75) is 65.3 Å². The fourth-order valence-corrected chi connectivity index (χ4v) is 20.1. The van der Waals surface area contributed by atoms with Crippen LogP contribution in [0.15, 0.2) is 380 Å². The highest BCUT2D eigenvalue weighted by Gasteiger charge is 2.29. The number of halogens is 12. The van der Waals surface area contributed by atoms with E-state index in [9.17, 15) is 85.1 Å². The minimum Gasteiger partial charge on any atom is -0.505 e. The molecule has 4 N–H and O–H groups in total. The SMILES string of the molecule is O=c1oc2c(c(O)c1Sc1ccc(Cl)cc1)c(=O)n(Cc1ccc(F)cc1)c1cc(Br)ccc21.O=c1oc2c(c(O)c1Sc1ccc(F)cc1)c(=O)n(Cc1ccc(F)cc1)c1cc(Br)ccc21.O=c1oc2c(c(O)c1Sc1cccc(Cl)c1)c(=O)n(Cc1ccc(F)cc1)c1cc(Br)ccc21.O=c1oc2c(c(O)c1Sc1cccc(F)c1)c(=O)n(Cc1ccc(F)cc1)c1cc(Br)ccc21. The third-order valence-electron chi connectivity index (χ3n) is 21.2. The Labute approximate surface area is 820 Å². The maximum Gasteiger partial charge on any atom is 0.354 e.